The van der Waals surface area contributed by atoms with Gasteiger partial charge >= 0.3 is 6.18 Å². The van der Waals surface area contributed by atoms with Gasteiger partial charge in [0.1, 0.15) is 12.6 Å². The van der Waals surface area contributed by atoms with Gasteiger partial charge in [-0.25, -0.2) is 8.42 Å². The minimum absolute atomic E-state index is 0.0570. The van der Waals surface area contributed by atoms with Gasteiger partial charge in [0.05, 0.1) is 16.1 Å². The highest BCUT2D eigenvalue weighted by atomic mass is 35.5. The summed E-state index contributed by atoms with van der Waals surface area (Å²) in [5.41, 5.74) is 0.341. The molecule has 2 amide bonds. The summed E-state index contributed by atoms with van der Waals surface area (Å²) >= 11 is 13.1. The summed E-state index contributed by atoms with van der Waals surface area (Å²) in [6.07, 6.45) is -0.260. The third-order valence-corrected chi connectivity index (χ3v) is 11.5. The van der Waals surface area contributed by atoms with Crippen LogP contribution in [0.25, 0.3) is 0 Å². The molecule has 270 valence electrons. The van der Waals surface area contributed by atoms with Crippen molar-refractivity contribution in [3.63, 3.8) is 0 Å². The Labute approximate surface area is 306 Å². The van der Waals surface area contributed by atoms with Gasteiger partial charge < -0.3 is 10.2 Å². The molecule has 0 heterocycles. The highest BCUT2D eigenvalue weighted by Gasteiger charge is 2.37. The molecule has 0 saturated heterocycles. The number of alkyl halides is 3. The van der Waals surface area contributed by atoms with Crippen LogP contribution in [0.15, 0.2) is 102 Å². The zero-order valence-electron chi connectivity index (χ0n) is 27.9. The fraction of sp³-hybridized carbons (Fsp3) is 0.316. The average Bonchev–Trinajstić information content (AvgIpc) is 3.10. The van der Waals surface area contributed by atoms with Gasteiger partial charge in [0, 0.05) is 34.6 Å². The van der Waals surface area contributed by atoms with E-state index in [0.717, 1.165) is 55.4 Å². The third-order valence-electron chi connectivity index (χ3n) is 8.96. The molecule has 1 N–H and O–H groups in total. The molecule has 1 aliphatic rings. The van der Waals surface area contributed by atoms with Gasteiger partial charge in [0.15, 0.2) is 0 Å². The number of benzene rings is 4. The van der Waals surface area contributed by atoms with Gasteiger partial charge in [-0.1, -0.05) is 103 Å². The number of aryl methyl sites for hydroxylation is 1. The van der Waals surface area contributed by atoms with E-state index in [1.807, 2.05) is 18.2 Å². The van der Waals surface area contributed by atoms with Gasteiger partial charge in [0.2, 0.25) is 11.8 Å². The van der Waals surface area contributed by atoms with Crippen LogP contribution in [-0.2, 0) is 38.8 Å². The molecule has 1 fully saturated rings. The summed E-state index contributed by atoms with van der Waals surface area (Å²) in [6.45, 7) is 0.545. The Kier molecular flexibility index (Phi) is 12.4. The van der Waals surface area contributed by atoms with Crippen molar-refractivity contribution < 1.29 is 31.2 Å². The molecule has 0 radical (unpaired) electrons. The molecule has 7 nitrogen and oxygen atoms in total. The number of sulfonamides is 1. The Morgan fingerprint density at radius 2 is 1.49 bits per heavy atom. The average molecular weight is 761 g/mol. The van der Waals surface area contributed by atoms with Crippen LogP contribution in [0.2, 0.25) is 10.0 Å². The fourth-order valence-corrected chi connectivity index (χ4v) is 8.08. The summed E-state index contributed by atoms with van der Waals surface area (Å²) in [7, 11) is -4.61. The number of carbonyl (C=O) groups excluding carboxylic acids is 2. The molecule has 0 spiro atoms. The van der Waals surface area contributed by atoms with Crippen molar-refractivity contribution in [3.8, 4) is 0 Å². The van der Waals surface area contributed by atoms with Crippen molar-refractivity contribution in [1.82, 2.24) is 10.2 Å². The highest BCUT2D eigenvalue weighted by molar-refractivity contribution is 7.92. The molecular weight excluding hydrogens is 722 g/mol. The summed E-state index contributed by atoms with van der Waals surface area (Å²) in [5, 5.41) is 3.54. The van der Waals surface area contributed by atoms with Gasteiger partial charge in [-0.15, -0.1) is 0 Å². The lowest BCUT2D eigenvalue weighted by Gasteiger charge is -2.35. The van der Waals surface area contributed by atoms with Gasteiger partial charge in [-0.3, -0.25) is 13.9 Å². The van der Waals surface area contributed by atoms with Crippen molar-refractivity contribution in [3.05, 3.63) is 129 Å². The van der Waals surface area contributed by atoms with Crippen molar-refractivity contribution in [2.75, 3.05) is 10.8 Å². The first-order valence-corrected chi connectivity index (χ1v) is 18.8. The van der Waals surface area contributed by atoms with Crippen LogP contribution in [0, 0.1) is 6.92 Å². The molecule has 0 unspecified atom stereocenters. The topological polar surface area (TPSA) is 86.8 Å². The third kappa shape index (κ3) is 9.64. The van der Waals surface area contributed by atoms with Crippen molar-refractivity contribution in [2.45, 2.75) is 75.1 Å². The van der Waals surface area contributed by atoms with Gasteiger partial charge in [-0.05, 0) is 67.8 Å². The SMILES string of the molecule is Cc1ccc(S(=O)(=O)N(CC(=O)N(Cc2c(Cl)cccc2Cl)[C@H](Cc2ccccc2)C(=O)NC2CCCCC2)c2cccc(C(F)(F)F)c2)cc1. The molecule has 1 aliphatic carbocycles. The predicted molar refractivity (Wildman–Crippen MR) is 193 cm³/mol. The zero-order chi connectivity index (χ0) is 36.8. The second-order valence-corrected chi connectivity index (χ2v) is 15.3. The summed E-state index contributed by atoms with van der Waals surface area (Å²) in [5.74, 6) is -1.30. The maximum atomic E-state index is 14.7. The monoisotopic (exact) mass is 759 g/mol. The van der Waals surface area contributed by atoms with Crippen molar-refractivity contribution >= 4 is 50.7 Å². The molecule has 0 bridgehead atoms. The van der Waals surface area contributed by atoms with Crippen LogP contribution < -0.4 is 9.62 Å². The summed E-state index contributed by atoms with van der Waals surface area (Å²) in [6, 6.07) is 22.1. The Balaban J connectivity index is 1.62. The quantitative estimate of drug-likeness (QED) is 0.157. The van der Waals surface area contributed by atoms with Crippen LogP contribution in [0.4, 0.5) is 18.9 Å². The number of nitrogens with zero attached hydrogens (tertiary/aromatic N) is 2. The zero-order valence-corrected chi connectivity index (χ0v) is 30.2. The molecule has 13 heteroatoms. The Hall–Kier alpha value is -4.06. The number of amides is 2. The number of hydrogen-bond acceptors (Lipinski definition) is 4. The molecule has 0 aromatic heterocycles. The van der Waals surface area contributed by atoms with Crippen LogP contribution in [0.1, 0.15) is 54.4 Å². The molecule has 4 aromatic rings. The number of halogens is 5. The molecule has 4 aromatic carbocycles. The smallest absolute Gasteiger partial charge is 0.352 e. The number of anilines is 1. The molecule has 51 heavy (non-hydrogen) atoms. The van der Waals surface area contributed by atoms with E-state index >= 15 is 0 Å². The standard InChI is InChI=1S/C38H38Cl2F3N3O4S/c1-26-18-20-31(21-19-26)51(49,50)46(30-15-8-12-28(23-30)38(41,42)43)25-36(47)45(24-32-33(39)16-9-17-34(32)40)35(22-27-10-4-2-5-11-27)37(48)44-29-13-6-3-7-14-29/h2,4-5,8-12,15-21,23,29,35H,3,6-7,13-14,22,24-25H2,1H3,(H,44,48)/t35-/m1/s1. The number of nitrogens with one attached hydrogen (secondary N) is 1. The minimum Gasteiger partial charge on any atom is -0.352 e. The summed E-state index contributed by atoms with van der Waals surface area (Å²) in [4.78, 5) is 30.0. The minimum atomic E-state index is -4.79. The van der Waals surface area contributed by atoms with Crippen LogP contribution in [0.5, 0.6) is 0 Å². The van der Waals surface area contributed by atoms with E-state index in [1.54, 1.807) is 49.4 Å². The van der Waals surface area contributed by atoms with Crippen molar-refractivity contribution in [2.24, 2.45) is 0 Å². The second kappa shape index (κ2) is 16.5. The second-order valence-electron chi connectivity index (χ2n) is 12.6. The maximum Gasteiger partial charge on any atom is 0.416 e. The lowest BCUT2D eigenvalue weighted by molar-refractivity contribution is -0.140. The van der Waals surface area contributed by atoms with Crippen LogP contribution in [-0.4, -0.2) is 43.8 Å². The van der Waals surface area contributed by atoms with Crippen LogP contribution in [0.3, 0.4) is 0 Å². The van der Waals surface area contributed by atoms with E-state index < -0.39 is 46.2 Å². The highest BCUT2D eigenvalue weighted by Crippen LogP contribution is 2.34. The first kappa shape index (κ1) is 38.2. The first-order chi connectivity index (χ1) is 24.2. The van der Waals surface area contributed by atoms with Crippen molar-refractivity contribution in [1.29, 1.82) is 0 Å². The lowest BCUT2D eigenvalue weighted by atomic mass is 9.94. The van der Waals surface area contributed by atoms with Gasteiger partial charge in [-0.2, -0.15) is 13.2 Å². The Morgan fingerprint density at radius 1 is 0.863 bits per heavy atom. The predicted octanol–water partition coefficient (Wildman–Crippen LogP) is 8.60. The summed E-state index contributed by atoms with van der Waals surface area (Å²) < 4.78 is 70.8. The molecule has 0 aliphatic heterocycles. The first-order valence-electron chi connectivity index (χ1n) is 16.6. The number of carbonyl (C=O) groups is 2. The molecule has 1 atom stereocenters. The lowest BCUT2D eigenvalue weighted by Crippen LogP contribution is -2.55. The van der Waals surface area contributed by atoms with Gasteiger partial charge in [0.25, 0.3) is 10.0 Å². The molecule has 5 rings (SSSR count). The Morgan fingerprint density at radius 3 is 2.12 bits per heavy atom. The van der Waals surface area contributed by atoms with E-state index in [9.17, 15) is 31.2 Å². The van der Waals surface area contributed by atoms with E-state index in [-0.39, 0.29) is 39.6 Å². The van der Waals surface area contributed by atoms with E-state index in [0.29, 0.717) is 15.9 Å². The molecular formula is C38H38Cl2F3N3O4S. The number of hydrogen-bond donors (Lipinski definition) is 1. The van der Waals surface area contributed by atoms with E-state index in [1.165, 1.54) is 23.1 Å². The molecule has 1 saturated carbocycles. The van der Waals surface area contributed by atoms with Crippen LogP contribution >= 0.6 is 23.2 Å². The van der Waals surface area contributed by atoms with E-state index in [4.69, 9.17) is 23.2 Å². The maximum absolute atomic E-state index is 14.7. The fourth-order valence-electron chi connectivity index (χ4n) is 6.16. The number of rotatable bonds is 12. The Bertz CT molecular complexity index is 1920. The largest absolute Gasteiger partial charge is 0.416 e. The normalized spacial score (nSPS) is 14.5. The van der Waals surface area contributed by atoms with E-state index in [2.05, 4.69) is 5.32 Å².